The van der Waals surface area contributed by atoms with Gasteiger partial charge in [-0.1, -0.05) is 18.2 Å². The predicted octanol–water partition coefficient (Wildman–Crippen LogP) is 2.09. The van der Waals surface area contributed by atoms with Gasteiger partial charge in [-0.3, -0.25) is 4.79 Å². The van der Waals surface area contributed by atoms with E-state index in [1.54, 1.807) is 0 Å². The minimum atomic E-state index is 0.238. The maximum atomic E-state index is 12.6. The number of carbonyl (C=O) groups is 1. The summed E-state index contributed by atoms with van der Waals surface area (Å²) in [6, 6.07) is 10.7. The van der Waals surface area contributed by atoms with Gasteiger partial charge in [0.05, 0.1) is 0 Å². The summed E-state index contributed by atoms with van der Waals surface area (Å²) < 4.78 is 0. The van der Waals surface area contributed by atoms with Gasteiger partial charge in [0.2, 0.25) is 5.91 Å². The summed E-state index contributed by atoms with van der Waals surface area (Å²) >= 11 is 0. The number of para-hydroxylation sites is 1. The van der Waals surface area contributed by atoms with Gasteiger partial charge in [-0.05, 0) is 50.9 Å². The predicted molar refractivity (Wildman–Crippen MR) is 85.3 cm³/mol. The van der Waals surface area contributed by atoms with Crippen LogP contribution in [0.2, 0.25) is 0 Å². The van der Waals surface area contributed by atoms with Crippen LogP contribution >= 0.6 is 0 Å². The van der Waals surface area contributed by atoms with Crippen LogP contribution in [0.3, 0.4) is 0 Å². The second-order valence-corrected chi connectivity index (χ2v) is 6.16. The van der Waals surface area contributed by atoms with Gasteiger partial charge in [-0.15, -0.1) is 0 Å². The van der Waals surface area contributed by atoms with Crippen molar-refractivity contribution in [3.63, 3.8) is 0 Å². The van der Waals surface area contributed by atoms with Crippen molar-refractivity contribution < 1.29 is 4.79 Å². The molecule has 21 heavy (non-hydrogen) atoms. The van der Waals surface area contributed by atoms with Gasteiger partial charge in [-0.25, -0.2) is 0 Å². The van der Waals surface area contributed by atoms with Crippen LogP contribution in [0, 0.1) is 5.92 Å². The van der Waals surface area contributed by atoms with Crippen LogP contribution in [0.1, 0.15) is 25.7 Å². The number of anilines is 1. The van der Waals surface area contributed by atoms with Crippen LogP contribution in [0.25, 0.3) is 0 Å². The summed E-state index contributed by atoms with van der Waals surface area (Å²) in [7, 11) is 0. The first-order valence-electron chi connectivity index (χ1n) is 8.14. The number of hydrogen-bond acceptors (Lipinski definition) is 3. The molecule has 2 aliphatic rings. The minimum absolute atomic E-state index is 0.238. The molecule has 2 heterocycles. The van der Waals surface area contributed by atoms with Crippen LogP contribution in [-0.2, 0) is 4.79 Å². The Morgan fingerprint density at radius 2 is 1.90 bits per heavy atom. The Balaban J connectivity index is 1.56. The Morgan fingerprint density at radius 1 is 1.14 bits per heavy atom. The quantitative estimate of drug-likeness (QED) is 0.895. The van der Waals surface area contributed by atoms with Gasteiger partial charge in [-0.2, -0.15) is 0 Å². The molecule has 1 amide bonds. The smallest absolute Gasteiger partial charge is 0.225 e. The van der Waals surface area contributed by atoms with Gasteiger partial charge in [0.15, 0.2) is 0 Å². The van der Waals surface area contributed by atoms with Crippen molar-refractivity contribution in [3.8, 4) is 0 Å². The van der Waals surface area contributed by atoms with E-state index in [0.717, 1.165) is 57.5 Å². The van der Waals surface area contributed by atoms with E-state index in [1.807, 2.05) is 18.2 Å². The Bertz CT molecular complexity index is 456. The zero-order valence-electron chi connectivity index (χ0n) is 12.6. The Hall–Kier alpha value is -1.55. The Labute approximate surface area is 126 Å². The van der Waals surface area contributed by atoms with Crippen LogP contribution in [0.5, 0.6) is 0 Å². The number of carbonyl (C=O) groups excluding carboxylic acids is 1. The maximum absolute atomic E-state index is 12.6. The molecule has 0 radical (unpaired) electrons. The molecule has 0 aromatic heterocycles. The first kappa shape index (κ1) is 14.4. The van der Waals surface area contributed by atoms with E-state index in [4.69, 9.17) is 0 Å². The zero-order chi connectivity index (χ0) is 14.5. The van der Waals surface area contributed by atoms with Crippen molar-refractivity contribution in [3.05, 3.63) is 30.3 Å². The summed E-state index contributed by atoms with van der Waals surface area (Å²) in [5.41, 5.74) is 1.15. The van der Waals surface area contributed by atoms with Crippen molar-refractivity contribution in [1.82, 2.24) is 10.2 Å². The number of likely N-dealkylation sites (tertiary alicyclic amines) is 1. The second kappa shape index (κ2) is 6.94. The molecule has 0 bridgehead atoms. The van der Waals surface area contributed by atoms with Gasteiger partial charge < -0.3 is 15.5 Å². The van der Waals surface area contributed by atoms with Crippen molar-refractivity contribution in [1.29, 1.82) is 0 Å². The number of piperidine rings is 2. The number of rotatable bonds is 3. The Kier molecular flexibility index (Phi) is 4.76. The SMILES string of the molecule is O=C(C1CCNCC1)N1CCCC(Nc2ccccc2)C1. The molecule has 2 N–H and O–H groups in total. The highest BCUT2D eigenvalue weighted by atomic mass is 16.2. The van der Waals surface area contributed by atoms with E-state index in [1.165, 1.54) is 0 Å². The van der Waals surface area contributed by atoms with Gasteiger partial charge >= 0.3 is 0 Å². The second-order valence-electron chi connectivity index (χ2n) is 6.16. The lowest BCUT2D eigenvalue weighted by Gasteiger charge is -2.36. The van der Waals surface area contributed by atoms with E-state index in [0.29, 0.717) is 11.9 Å². The normalized spacial score (nSPS) is 23.8. The number of nitrogens with zero attached hydrogens (tertiary/aromatic N) is 1. The van der Waals surface area contributed by atoms with Crippen molar-refractivity contribution >= 4 is 11.6 Å². The van der Waals surface area contributed by atoms with Crippen molar-refractivity contribution in [2.24, 2.45) is 5.92 Å². The molecule has 2 aliphatic heterocycles. The minimum Gasteiger partial charge on any atom is -0.381 e. The number of amides is 1. The molecule has 2 saturated heterocycles. The number of benzene rings is 1. The monoisotopic (exact) mass is 287 g/mol. The fourth-order valence-corrected chi connectivity index (χ4v) is 3.39. The molecule has 0 aliphatic carbocycles. The third-order valence-corrected chi connectivity index (χ3v) is 4.57. The first-order chi connectivity index (χ1) is 10.3. The molecule has 114 valence electrons. The summed E-state index contributed by atoms with van der Waals surface area (Å²) in [5.74, 6) is 0.609. The largest absolute Gasteiger partial charge is 0.381 e. The van der Waals surface area contributed by atoms with Crippen molar-refractivity contribution in [2.75, 3.05) is 31.5 Å². The number of nitrogens with one attached hydrogen (secondary N) is 2. The topological polar surface area (TPSA) is 44.4 Å². The summed E-state index contributed by atoms with van der Waals surface area (Å²) in [5, 5.41) is 6.89. The molecule has 1 atom stereocenters. The lowest BCUT2D eigenvalue weighted by Crippen LogP contribution is -2.48. The van der Waals surface area contributed by atoms with Crippen LogP contribution in [0.15, 0.2) is 30.3 Å². The standard InChI is InChI=1S/C17H25N3O/c21-17(14-8-10-18-11-9-14)20-12-4-7-16(13-20)19-15-5-2-1-3-6-15/h1-3,5-6,14,16,18-19H,4,7-13H2. The number of hydrogen-bond donors (Lipinski definition) is 2. The van der Waals surface area contributed by atoms with Crippen LogP contribution in [0.4, 0.5) is 5.69 Å². The van der Waals surface area contributed by atoms with Crippen LogP contribution in [-0.4, -0.2) is 43.0 Å². The van der Waals surface area contributed by atoms with E-state index >= 15 is 0 Å². The lowest BCUT2D eigenvalue weighted by atomic mass is 9.95. The fraction of sp³-hybridized carbons (Fsp3) is 0.588. The molecular formula is C17H25N3O. The molecule has 2 fully saturated rings. The summed E-state index contributed by atoms with van der Waals surface area (Å²) in [4.78, 5) is 14.7. The molecule has 4 nitrogen and oxygen atoms in total. The lowest BCUT2D eigenvalue weighted by molar-refractivity contribution is -0.137. The molecule has 0 spiro atoms. The zero-order valence-corrected chi connectivity index (χ0v) is 12.6. The average molecular weight is 287 g/mol. The highest BCUT2D eigenvalue weighted by Crippen LogP contribution is 2.20. The molecule has 1 aromatic carbocycles. The highest BCUT2D eigenvalue weighted by molar-refractivity contribution is 5.79. The van der Waals surface area contributed by atoms with E-state index in [9.17, 15) is 4.79 Å². The van der Waals surface area contributed by atoms with E-state index in [-0.39, 0.29) is 5.92 Å². The first-order valence-corrected chi connectivity index (χ1v) is 8.14. The highest BCUT2D eigenvalue weighted by Gasteiger charge is 2.29. The third-order valence-electron chi connectivity index (χ3n) is 4.57. The van der Waals surface area contributed by atoms with Gasteiger partial charge in [0.25, 0.3) is 0 Å². The average Bonchev–Trinajstić information content (AvgIpc) is 2.56. The van der Waals surface area contributed by atoms with Crippen molar-refractivity contribution in [2.45, 2.75) is 31.7 Å². The molecule has 4 heteroatoms. The van der Waals surface area contributed by atoms with Crippen LogP contribution < -0.4 is 10.6 Å². The van der Waals surface area contributed by atoms with Gasteiger partial charge in [0.1, 0.15) is 0 Å². The van der Waals surface area contributed by atoms with E-state index in [2.05, 4.69) is 27.7 Å². The van der Waals surface area contributed by atoms with Gasteiger partial charge in [0, 0.05) is 30.7 Å². The van der Waals surface area contributed by atoms with E-state index < -0.39 is 0 Å². The maximum Gasteiger partial charge on any atom is 0.225 e. The molecule has 3 rings (SSSR count). The summed E-state index contributed by atoms with van der Waals surface area (Å²) in [6.07, 6.45) is 4.23. The molecule has 1 unspecified atom stereocenters. The third kappa shape index (κ3) is 3.76. The molecule has 0 saturated carbocycles. The molecular weight excluding hydrogens is 262 g/mol. The fourth-order valence-electron chi connectivity index (χ4n) is 3.39. The Morgan fingerprint density at radius 3 is 2.67 bits per heavy atom. The summed E-state index contributed by atoms with van der Waals surface area (Å²) in [6.45, 7) is 3.74. The molecule has 1 aromatic rings.